The molecule has 1 aliphatic heterocycles. The number of aliphatic imine (C=N–C) groups is 1. The fraction of sp³-hybridized carbons (Fsp3) is 0.545. The van der Waals surface area contributed by atoms with Crippen LogP contribution < -0.4 is 10.9 Å². The van der Waals surface area contributed by atoms with Crippen molar-refractivity contribution in [3.05, 3.63) is 22.4 Å². The lowest BCUT2D eigenvalue weighted by Gasteiger charge is -2.17. The summed E-state index contributed by atoms with van der Waals surface area (Å²) in [5, 5.41) is 30.3. The molecule has 0 radical (unpaired) electrons. The van der Waals surface area contributed by atoms with Crippen LogP contribution in [0, 0.1) is 0 Å². The smallest absolute Gasteiger partial charge is 0.276 e. The Morgan fingerprint density at radius 3 is 2.95 bits per heavy atom. The van der Waals surface area contributed by atoms with E-state index in [0.717, 1.165) is 0 Å². The van der Waals surface area contributed by atoms with E-state index in [-0.39, 0.29) is 18.0 Å². The zero-order valence-electron chi connectivity index (χ0n) is 10.2. The Hall–Kier alpha value is -1.61. The second-order valence-corrected chi connectivity index (χ2v) is 4.33. The highest BCUT2D eigenvalue weighted by Gasteiger charge is 2.23. The van der Waals surface area contributed by atoms with Gasteiger partial charge in [0, 0.05) is 19.3 Å². The quantitative estimate of drug-likeness (QED) is 0.400. The maximum absolute atomic E-state index is 11.4. The van der Waals surface area contributed by atoms with Crippen molar-refractivity contribution in [1.29, 1.82) is 0 Å². The number of hydrogen-bond donors (Lipinski definition) is 5. The Bertz CT molecular complexity index is 516. The number of aromatic amines is 1. The molecule has 0 saturated heterocycles. The molecule has 8 heteroatoms. The first-order valence-electron chi connectivity index (χ1n) is 5.93. The second-order valence-electron chi connectivity index (χ2n) is 4.33. The Morgan fingerprint density at radius 1 is 1.42 bits per heavy atom. The maximum Gasteiger partial charge on any atom is 0.276 e. The molecule has 5 N–H and O–H groups in total. The van der Waals surface area contributed by atoms with Crippen LogP contribution in [-0.2, 0) is 0 Å². The molecule has 2 rings (SSSR count). The third kappa shape index (κ3) is 3.04. The van der Waals surface area contributed by atoms with Crippen LogP contribution in [0.25, 0.3) is 0 Å². The van der Waals surface area contributed by atoms with Crippen LogP contribution >= 0.6 is 0 Å². The molecule has 19 heavy (non-hydrogen) atoms. The summed E-state index contributed by atoms with van der Waals surface area (Å²) in [5.41, 5.74) is 0.623. The molecule has 0 bridgehead atoms. The highest BCUT2D eigenvalue weighted by Crippen LogP contribution is 2.25. The molecule has 0 amide bonds. The standard InChI is InChI=1S/C11H16N4O4/c16-4-8(18)7(17)3-12-1-6-2-13-10-9(6)14-5-15-11(10)19/h2,5-8,12,16-18H,1,3-4H2,(H,14,15,19). The number of nitrogens with one attached hydrogen (secondary N) is 2. The number of H-pyrrole nitrogens is 1. The van der Waals surface area contributed by atoms with Crippen molar-refractivity contribution in [3.63, 3.8) is 0 Å². The minimum Gasteiger partial charge on any atom is -0.394 e. The predicted octanol–water partition coefficient (Wildman–Crippen LogP) is -2.13. The van der Waals surface area contributed by atoms with Gasteiger partial charge < -0.3 is 25.6 Å². The normalized spacial score (nSPS) is 20.3. The van der Waals surface area contributed by atoms with E-state index in [4.69, 9.17) is 5.11 Å². The van der Waals surface area contributed by atoms with E-state index in [1.807, 2.05) is 0 Å². The molecule has 0 aromatic carbocycles. The van der Waals surface area contributed by atoms with Gasteiger partial charge in [0.05, 0.1) is 30.7 Å². The lowest BCUT2D eigenvalue weighted by molar-refractivity contribution is -0.0127. The third-order valence-corrected chi connectivity index (χ3v) is 2.94. The van der Waals surface area contributed by atoms with E-state index in [2.05, 4.69) is 20.3 Å². The minimum absolute atomic E-state index is 0.130. The summed E-state index contributed by atoms with van der Waals surface area (Å²) in [7, 11) is 0. The average Bonchev–Trinajstić information content (AvgIpc) is 2.82. The van der Waals surface area contributed by atoms with Crippen LogP contribution in [0.5, 0.6) is 0 Å². The molecule has 0 aliphatic carbocycles. The number of fused-ring (bicyclic) bond motifs is 1. The zero-order chi connectivity index (χ0) is 13.8. The summed E-state index contributed by atoms with van der Waals surface area (Å²) in [6, 6.07) is 0. The van der Waals surface area contributed by atoms with Crippen LogP contribution in [0.1, 0.15) is 11.6 Å². The summed E-state index contributed by atoms with van der Waals surface area (Å²) in [6.45, 7) is 0.0697. The summed E-state index contributed by atoms with van der Waals surface area (Å²) in [6.07, 6.45) is 0.732. The Kier molecular flexibility index (Phi) is 4.38. The van der Waals surface area contributed by atoms with E-state index >= 15 is 0 Å². The van der Waals surface area contributed by atoms with Gasteiger partial charge in [-0.2, -0.15) is 0 Å². The topological polar surface area (TPSA) is 131 Å². The second kappa shape index (κ2) is 6.02. The van der Waals surface area contributed by atoms with E-state index in [1.54, 1.807) is 6.21 Å². The monoisotopic (exact) mass is 268 g/mol. The highest BCUT2D eigenvalue weighted by molar-refractivity contribution is 5.79. The maximum atomic E-state index is 11.4. The number of nitrogens with zero attached hydrogens (tertiary/aromatic N) is 2. The van der Waals surface area contributed by atoms with Crippen molar-refractivity contribution >= 4 is 11.9 Å². The van der Waals surface area contributed by atoms with Crippen molar-refractivity contribution in [3.8, 4) is 0 Å². The first-order chi connectivity index (χ1) is 9.13. The molecule has 104 valence electrons. The molecular formula is C11H16N4O4. The van der Waals surface area contributed by atoms with E-state index in [9.17, 15) is 15.0 Å². The molecule has 1 aromatic rings. The summed E-state index contributed by atoms with van der Waals surface area (Å²) in [4.78, 5) is 22.0. The minimum atomic E-state index is -1.17. The third-order valence-electron chi connectivity index (χ3n) is 2.94. The van der Waals surface area contributed by atoms with Crippen molar-refractivity contribution in [2.75, 3.05) is 19.7 Å². The van der Waals surface area contributed by atoms with Gasteiger partial charge in [0.25, 0.3) is 5.56 Å². The molecule has 0 fully saturated rings. The predicted molar refractivity (Wildman–Crippen MR) is 67.7 cm³/mol. The Balaban J connectivity index is 1.89. The van der Waals surface area contributed by atoms with Gasteiger partial charge in [-0.1, -0.05) is 0 Å². The first-order valence-corrected chi connectivity index (χ1v) is 5.93. The largest absolute Gasteiger partial charge is 0.394 e. The van der Waals surface area contributed by atoms with Crippen molar-refractivity contribution in [1.82, 2.24) is 15.3 Å². The zero-order valence-corrected chi connectivity index (χ0v) is 10.2. The van der Waals surface area contributed by atoms with Crippen molar-refractivity contribution in [2.24, 2.45) is 4.99 Å². The van der Waals surface area contributed by atoms with Crippen molar-refractivity contribution < 1.29 is 15.3 Å². The number of aromatic nitrogens is 2. The van der Waals surface area contributed by atoms with Crippen LogP contribution in [0.15, 0.2) is 16.1 Å². The number of aliphatic hydroxyl groups is 3. The molecule has 1 aliphatic rings. The van der Waals surface area contributed by atoms with Crippen LogP contribution in [0.2, 0.25) is 0 Å². The molecule has 0 saturated carbocycles. The summed E-state index contributed by atoms with van der Waals surface area (Å²) < 4.78 is 0. The lowest BCUT2D eigenvalue weighted by Crippen LogP contribution is -2.39. The molecular weight excluding hydrogens is 252 g/mol. The van der Waals surface area contributed by atoms with Gasteiger partial charge in [-0.25, -0.2) is 4.98 Å². The van der Waals surface area contributed by atoms with Crippen LogP contribution in [0.3, 0.4) is 0 Å². The van der Waals surface area contributed by atoms with E-state index in [1.165, 1.54) is 6.33 Å². The van der Waals surface area contributed by atoms with E-state index < -0.39 is 18.8 Å². The summed E-state index contributed by atoms with van der Waals surface area (Å²) >= 11 is 0. The fourth-order valence-corrected chi connectivity index (χ4v) is 1.83. The van der Waals surface area contributed by atoms with Crippen LogP contribution in [-0.4, -0.2) is 63.4 Å². The van der Waals surface area contributed by atoms with Gasteiger partial charge in [0.2, 0.25) is 0 Å². The van der Waals surface area contributed by atoms with Crippen molar-refractivity contribution in [2.45, 2.75) is 18.1 Å². The van der Waals surface area contributed by atoms with Crippen LogP contribution in [0.4, 0.5) is 5.69 Å². The molecule has 1 aromatic heterocycles. The Labute approximate surface area is 108 Å². The summed E-state index contributed by atoms with van der Waals surface area (Å²) in [5.74, 6) is -0.143. The average molecular weight is 268 g/mol. The lowest BCUT2D eigenvalue weighted by atomic mass is 10.1. The fourth-order valence-electron chi connectivity index (χ4n) is 1.83. The first kappa shape index (κ1) is 13.8. The van der Waals surface area contributed by atoms with Gasteiger partial charge in [0.15, 0.2) is 0 Å². The number of hydrogen-bond acceptors (Lipinski definition) is 7. The van der Waals surface area contributed by atoms with E-state index in [0.29, 0.717) is 17.9 Å². The molecule has 3 unspecified atom stereocenters. The SMILES string of the molecule is O=c1[nH]cnc2c1N=CC2CNCC(O)C(O)CO. The molecule has 2 heterocycles. The molecule has 8 nitrogen and oxygen atoms in total. The van der Waals surface area contributed by atoms with Gasteiger partial charge in [-0.05, 0) is 0 Å². The van der Waals surface area contributed by atoms with Gasteiger partial charge in [-0.3, -0.25) is 9.79 Å². The number of rotatable bonds is 6. The highest BCUT2D eigenvalue weighted by atomic mass is 16.4. The molecule has 0 spiro atoms. The van der Waals surface area contributed by atoms with Gasteiger partial charge in [-0.15, -0.1) is 0 Å². The van der Waals surface area contributed by atoms with Gasteiger partial charge in [0.1, 0.15) is 11.8 Å². The Morgan fingerprint density at radius 2 is 2.21 bits per heavy atom. The number of aliphatic hydroxyl groups excluding tert-OH is 3. The molecule has 3 atom stereocenters. The van der Waals surface area contributed by atoms with Gasteiger partial charge >= 0.3 is 0 Å².